The van der Waals surface area contributed by atoms with Gasteiger partial charge in [0.15, 0.2) is 5.13 Å². The second-order valence-electron chi connectivity index (χ2n) is 9.26. The van der Waals surface area contributed by atoms with Crippen LogP contribution in [0.2, 0.25) is 0 Å². The molecule has 208 valence electrons. The molecular weight excluding hydrogens is 555 g/mol. The topological polar surface area (TPSA) is 97.4 Å². The third-order valence-corrected chi connectivity index (χ3v) is 8.86. The van der Waals surface area contributed by atoms with E-state index in [4.69, 9.17) is 9.72 Å². The number of ether oxygens (including phenoxy) is 1. The fourth-order valence-corrected chi connectivity index (χ4v) is 6.53. The Labute approximate surface area is 243 Å². The molecule has 0 radical (unpaired) electrons. The van der Waals surface area contributed by atoms with Gasteiger partial charge in [0.2, 0.25) is 0 Å². The molecule has 7 nitrogen and oxygen atoms in total. The van der Waals surface area contributed by atoms with Gasteiger partial charge in [-0.1, -0.05) is 80.1 Å². The molecule has 4 aromatic carbocycles. The van der Waals surface area contributed by atoms with Gasteiger partial charge in [-0.2, -0.15) is 0 Å². The molecule has 0 unspecified atom stereocenters. The fraction of sp³-hybridized carbons (Fsp3) is 0.125. The lowest BCUT2D eigenvalue weighted by atomic mass is 10.0. The van der Waals surface area contributed by atoms with E-state index in [0.29, 0.717) is 10.9 Å². The molecule has 0 aliphatic rings. The molecular formula is C32H29N3O4S2. The number of amides is 1. The lowest BCUT2D eigenvalue weighted by molar-refractivity contribution is 0.102. The number of thiazole rings is 1. The molecule has 0 aliphatic heterocycles. The minimum atomic E-state index is -3.94. The number of hydrogen-bond donors (Lipinski definition) is 2. The van der Waals surface area contributed by atoms with Crippen LogP contribution in [0.4, 0.5) is 10.8 Å². The normalized spacial score (nSPS) is 11.2. The van der Waals surface area contributed by atoms with Gasteiger partial charge in [-0.3, -0.25) is 14.8 Å². The van der Waals surface area contributed by atoms with Gasteiger partial charge >= 0.3 is 0 Å². The Balaban J connectivity index is 1.38. The van der Waals surface area contributed by atoms with Crippen molar-refractivity contribution in [1.29, 1.82) is 0 Å². The number of anilines is 2. The van der Waals surface area contributed by atoms with E-state index in [9.17, 15) is 13.2 Å². The second kappa shape index (κ2) is 12.4. The maximum absolute atomic E-state index is 13.4. The Bertz CT molecular complexity index is 1750. The molecule has 1 amide bonds. The van der Waals surface area contributed by atoms with E-state index in [0.717, 1.165) is 40.1 Å². The average molecular weight is 584 g/mol. The smallest absolute Gasteiger partial charge is 0.261 e. The first-order valence-corrected chi connectivity index (χ1v) is 15.4. The Morgan fingerprint density at radius 2 is 1.46 bits per heavy atom. The predicted octanol–water partition coefficient (Wildman–Crippen LogP) is 7.49. The number of methoxy groups -OCH3 is 1. The number of aryl methyl sites for hydroxylation is 1. The van der Waals surface area contributed by atoms with E-state index in [1.165, 1.54) is 30.6 Å². The highest BCUT2D eigenvalue weighted by Crippen LogP contribution is 2.34. The standard InChI is InChI=1S/C32H29N3O4S2/c1-3-9-29-30(24-16-14-23(15-17-24)22-10-5-4-6-11-22)33-32(40-29)34-31(36)27-12-7-8-13-28(27)35-41(37,38)26-20-18-25(39-2)19-21-26/h4-8,10-21,35H,3,9H2,1-2H3,(H,33,34,36). The number of para-hydroxylation sites is 1. The van der Waals surface area contributed by atoms with Gasteiger partial charge in [-0.05, 0) is 53.9 Å². The van der Waals surface area contributed by atoms with E-state index < -0.39 is 15.9 Å². The van der Waals surface area contributed by atoms with Crippen LogP contribution in [0.25, 0.3) is 22.4 Å². The van der Waals surface area contributed by atoms with Crippen molar-refractivity contribution in [2.75, 3.05) is 17.1 Å². The van der Waals surface area contributed by atoms with Gasteiger partial charge in [-0.25, -0.2) is 13.4 Å². The van der Waals surface area contributed by atoms with Crippen molar-refractivity contribution in [1.82, 2.24) is 4.98 Å². The summed E-state index contributed by atoms with van der Waals surface area (Å²) in [5.74, 6) is 0.0851. The maximum Gasteiger partial charge on any atom is 0.261 e. The molecule has 0 saturated carbocycles. The molecule has 0 atom stereocenters. The highest BCUT2D eigenvalue weighted by atomic mass is 32.2. The van der Waals surface area contributed by atoms with Gasteiger partial charge in [-0.15, -0.1) is 11.3 Å². The van der Waals surface area contributed by atoms with Crippen LogP contribution < -0.4 is 14.8 Å². The highest BCUT2D eigenvalue weighted by molar-refractivity contribution is 7.92. The Hall–Kier alpha value is -4.47. The summed E-state index contributed by atoms with van der Waals surface area (Å²) in [6.07, 6.45) is 1.75. The Kier molecular flexibility index (Phi) is 8.47. The maximum atomic E-state index is 13.4. The summed E-state index contributed by atoms with van der Waals surface area (Å²) in [6.45, 7) is 2.10. The van der Waals surface area contributed by atoms with Crippen LogP contribution in [-0.4, -0.2) is 26.4 Å². The number of rotatable bonds is 10. The molecule has 0 bridgehead atoms. The van der Waals surface area contributed by atoms with Crippen molar-refractivity contribution in [2.45, 2.75) is 24.7 Å². The lowest BCUT2D eigenvalue weighted by Crippen LogP contribution is -2.18. The molecule has 5 aromatic rings. The molecule has 2 N–H and O–H groups in total. The lowest BCUT2D eigenvalue weighted by Gasteiger charge is -2.12. The molecule has 1 aromatic heterocycles. The monoisotopic (exact) mass is 583 g/mol. The van der Waals surface area contributed by atoms with Crippen molar-refractivity contribution >= 4 is 38.1 Å². The second-order valence-corrected chi connectivity index (χ2v) is 12.0. The molecule has 0 saturated heterocycles. The Morgan fingerprint density at radius 1 is 0.829 bits per heavy atom. The largest absolute Gasteiger partial charge is 0.497 e. The van der Waals surface area contributed by atoms with Crippen molar-refractivity contribution < 1.29 is 17.9 Å². The van der Waals surface area contributed by atoms with Crippen LogP contribution in [0, 0.1) is 0 Å². The molecule has 5 rings (SSSR count). The average Bonchev–Trinajstić information content (AvgIpc) is 3.39. The fourth-order valence-electron chi connectivity index (χ4n) is 4.37. The molecule has 1 heterocycles. The summed E-state index contributed by atoms with van der Waals surface area (Å²) in [7, 11) is -2.43. The SMILES string of the molecule is CCCc1sc(NC(=O)c2ccccc2NS(=O)(=O)c2ccc(OC)cc2)nc1-c1ccc(-c2ccccc2)cc1. The Morgan fingerprint density at radius 3 is 2.15 bits per heavy atom. The number of hydrogen-bond acceptors (Lipinski definition) is 6. The first-order valence-electron chi connectivity index (χ1n) is 13.1. The van der Waals surface area contributed by atoms with Crippen molar-refractivity contribution in [3.8, 4) is 28.1 Å². The molecule has 9 heteroatoms. The summed E-state index contributed by atoms with van der Waals surface area (Å²) in [6, 6.07) is 30.9. The van der Waals surface area contributed by atoms with Gasteiger partial charge in [0, 0.05) is 10.4 Å². The van der Waals surface area contributed by atoms with E-state index in [-0.39, 0.29) is 16.1 Å². The minimum Gasteiger partial charge on any atom is -0.497 e. The number of sulfonamides is 1. The van der Waals surface area contributed by atoms with Crippen molar-refractivity contribution in [3.05, 3.63) is 114 Å². The van der Waals surface area contributed by atoms with Gasteiger partial charge in [0.05, 0.1) is 29.0 Å². The molecule has 41 heavy (non-hydrogen) atoms. The van der Waals surface area contributed by atoms with Crippen LogP contribution in [0.1, 0.15) is 28.6 Å². The summed E-state index contributed by atoms with van der Waals surface area (Å²) in [4.78, 5) is 19.3. The highest BCUT2D eigenvalue weighted by Gasteiger charge is 2.21. The first kappa shape index (κ1) is 28.1. The number of nitrogens with one attached hydrogen (secondary N) is 2. The van der Waals surface area contributed by atoms with E-state index in [1.54, 1.807) is 36.4 Å². The number of aromatic nitrogens is 1. The third-order valence-electron chi connectivity index (χ3n) is 6.45. The van der Waals surface area contributed by atoms with Crippen LogP contribution in [0.3, 0.4) is 0 Å². The molecule has 0 aliphatic carbocycles. The van der Waals surface area contributed by atoms with Crippen molar-refractivity contribution in [2.24, 2.45) is 0 Å². The minimum absolute atomic E-state index is 0.0561. The summed E-state index contributed by atoms with van der Waals surface area (Å²) in [5, 5.41) is 3.33. The van der Waals surface area contributed by atoms with Crippen LogP contribution in [-0.2, 0) is 16.4 Å². The summed E-state index contributed by atoms with van der Waals surface area (Å²) in [5.41, 5.74) is 4.41. The third kappa shape index (κ3) is 6.48. The molecule has 0 spiro atoms. The molecule has 0 fully saturated rings. The zero-order valence-corrected chi connectivity index (χ0v) is 24.3. The zero-order chi connectivity index (χ0) is 28.8. The van der Waals surface area contributed by atoms with E-state index >= 15 is 0 Å². The van der Waals surface area contributed by atoms with E-state index in [2.05, 4.69) is 41.2 Å². The van der Waals surface area contributed by atoms with Gasteiger partial charge in [0.1, 0.15) is 5.75 Å². The summed E-state index contributed by atoms with van der Waals surface area (Å²) < 4.78 is 33.7. The van der Waals surface area contributed by atoms with Gasteiger partial charge in [0.25, 0.3) is 15.9 Å². The number of carbonyl (C=O) groups excluding carboxylic acids is 1. The summed E-state index contributed by atoms with van der Waals surface area (Å²) >= 11 is 1.43. The van der Waals surface area contributed by atoms with Crippen LogP contribution in [0.5, 0.6) is 5.75 Å². The van der Waals surface area contributed by atoms with Crippen LogP contribution in [0.15, 0.2) is 108 Å². The number of nitrogens with zero attached hydrogens (tertiary/aromatic N) is 1. The number of benzene rings is 4. The number of carbonyl (C=O) groups is 1. The van der Waals surface area contributed by atoms with Crippen LogP contribution >= 0.6 is 11.3 Å². The van der Waals surface area contributed by atoms with Gasteiger partial charge < -0.3 is 4.74 Å². The van der Waals surface area contributed by atoms with E-state index in [1.807, 2.05) is 30.3 Å². The quantitative estimate of drug-likeness (QED) is 0.178. The van der Waals surface area contributed by atoms with Crippen molar-refractivity contribution in [3.63, 3.8) is 0 Å². The predicted molar refractivity (Wildman–Crippen MR) is 165 cm³/mol. The zero-order valence-electron chi connectivity index (χ0n) is 22.6. The first-order chi connectivity index (χ1) is 19.9.